The first kappa shape index (κ1) is 12.9. The fraction of sp³-hybridized carbons (Fsp3) is 0.0625. The van der Waals surface area contributed by atoms with Crippen molar-refractivity contribution in [1.29, 1.82) is 0 Å². The van der Waals surface area contributed by atoms with Gasteiger partial charge in [0.1, 0.15) is 18.2 Å². The first-order valence-electron chi connectivity index (χ1n) is 6.15. The van der Waals surface area contributed by atoms with E-state index in [-0.39, 0.29) is 11.6 Å². The van der Waals surface area contributed by atoms with Crippen LogP contribution in [0.5, 0.6) is 5.75 Å². The van der Waals surface area contributed by atoms with Gasteiger partial charge in [-0.1, -0.05) is 35.9 Å². The van der Waals surface area contributed by atoms with Crippen molar-refractivity contribution in [3.8, 4) is 5.75 Å². The van der Waals surface area contributed by atoms with Crippen LogP contribution in [0.15, 0.2) is 54.6 Å². The second-order valence-electron chi connectivity index (χ2n) is 4.36. The lowest BCUT2D eigenvalue weighted by molar-refractivity contribution is 0.300. The Bertz CT molecular complexity index is 760. The fourth-order valence-electron chi connectivity index (χ4n) is 1.91. The van der Waals surface area contributed by atoms with Gasteiger partial charge in [0.25, 0.3) is 0 Å². The lowest BCUT2D eigenvalue weighted by atomic mass is 10.2. The van der Waals surface area contributed by atoms with Crippen LogP contribution < -0.4 is 4.74 Å². The average molecular weight is 288 g/mol. The zero-order valence-electron chi connectivity index (χ0n) is 10.5. The molecular formula is C16H11ClFNO. The first-order valence-corrected chi connectivity index (χ1v) is 6.53. The first-order chi connectivity index (χ1) is 9.72. The van der Waals surface area contributed by atoms with Crippen LogP contribution in [-0.2, 0) is 6.61 Å². The van der Waals surface area contributed by atoms with Gasteiger partial charge in [-0.15, -0.1) is 0 Å². The molecule has 0 fully saturated rings. The van der Waals surface area contributed by atoms with Crippen LogP contribution in [0.4, 0.5) is 4.39 Å². The van der Waals surface area contributed by atoms with Gasteiger partial charge in [0.2, 0.25) is 0 Å². The Morgan fingerprint density at radius 2 is 1.90 bits per heavy atom. The van der Waals surface area contributed by atoms with E-state index in [1.165, 1.54) is 12.1 Å². The molecule has 0 aliphatic carbocycles. The van der Waals surface area contributed by atoms with Crippen LogP contribution in [0, 0.1) is 5.82 Å². The van der Waals surface area contributed by atoms with Crippen molar-refractivity contribution in [3.63, 3.8) is 0 Å². The minimum Gasteiger partial charge on any atom is -0.487 e. The molecule has 1 aromatic heterocycles. The molecule has 0 radical (unpaired) electrons. The van der Waals surface area contributed by atoms with Crippen molar-refractivity contribution in [2.24, 2.45) is 0 Å². The van der Waals surface area contributed by atoms with Crippen LogP contribution in [0.25, 0.3) is 10.9 Å². The van der Waals surface area contributed by atoms with Gasteiger partial charge in [-0.05, 0) is 24.3 Å². The van der Waals surface area contributed by atoms with Gasteiger partial charge >= 0.3 is 0 Å². The summed E-state index contributed by atoms with van der Waals surface area (Å²) >= 11 is 5.62. The molecule has 0 aliphatic heterocycles. The monoisotopic (exact) mass is 287 g/mol. The normalized spacial score (nSPS) is 10.7. The van der Waals surface area contributed by atoms with Crippen LogP contribution in [0.2, 0.25) is 5.02 Å². The van der Waals surface area contributed by atoms with Crippen molar-refractivity contribution in [3.05, 3.63) is 71.1 Å². The molecule has 2 aromatic carbocycles. The molecule has 4 heteroatoms. The minimum absolute atomic E-state index is 0.0844. The van der Waals surface area contributed by atoms with Crippen molar-refractivity contribution >= 4 is 22.5 Å². The van der Waals surface area contributed by atoms with E-state index in [1.54, 1.807) is 6.07 Å². The number of para-hydroxylation sites is 1. The van der Waals surface area contributed by atoms with E-state index in [0.717, 1.165) is 16.6 Å². The predicted octanol–water partition coefficient (Wildman–Crippen LogP) is 4.61. The molecule has 0 spiro atoms. The van der Waals surface area contributed by atoms with Gasteiger partial charge in [0.05, 0.1) is 16.2 Å². The Kier molecular flexibility index (Phi) is 3.52. The molecule has 0 saturated heterocycles. The van der Waals surface area contributed by atoms with E-state index < -0.39 is 5.82 Å². The van der Waals surface area contributed by atoms with Crippen LogP contribution in [-0.4, -0.2) is 4.98 Å². The number of aromatic nitrogens is 1. The predicted molar refractivity (Wildman–Crippen MR) is 77.5 cm³/mol. The maximum atomic E-state index is 13.3. The molecule has 1 heterocycles. The molecule has 0 N–H and O–H groups in total. The van der Waals surface area contributed by atoms with Gasteiger partial charge in [-0.3, -0.25) is 0 Å². The number of rotatable bonds is 3. The molecule has 3 aromatic rings. The van der Waals surface area contributed by atoms with Crippen LogP contribution in [0.1, 0.15) is 5.69 Å². The number of pyridine rings is 1. The topological polar surface area (TPSA) is 22.1 Å². The van der Waals surface area contributed by atoms with Gasteiger partial charge in [-0.2, -0.15) is 0 Å². The van der Waals surface area contributed by atoms with Gasteiger partial charge in [0.15, 0.2) is 0 Å². The van der Waals surface area contributed by atoms with E-state index in [1.807, 2.05) is 36.4 Å². The summed E-state index contributed by atoms with van der Waals surface area (Å²) in [7, 11) is 0. The quantitative estimate of drug-likeness (QED) is 0.702. The fourth-order valence-corrected chi connectivity index (χ4v) is 2.03. The van der Waals surface area contributed by atoms with Crippen molar-refractivity contribution in [2.45, 2.75) is 6.61 Å². The summed E-state index contributed by atoms with van der Waals surface area (Å²) in [4.78, 5) is 4.49. The van der Waals surface area contributed by atoms with Crippen molar-refractivity contribution in [2.75, 3.05) is 0 Å². The summed E-state index contributed by atoms with van der Waals surface area (Å²) in [6.45, 7) is 0.284. The number of nitrogens with zero attached hydrogens (tertiary/aromatic N) is 1. The highest BCUT2D eigenvalue weighted by molar-refractivity contribution is 6.30. The smallest absolute Gasteiger partial charge is 0.145 e. The number of benzene rings is 2. The maximum Gasteiger partial charge on any atom is 0.145 e. The van der Waals surface area contributed by atoms with Crippen molar-refractivity contribution < 1.29 is 9.13 Å². The molecule has 0 aliphatic rings. The van der Waals surface area contributed by atoms with Gasteiger partial charge in [-0.25, -0.2) is 9.37 Å². The highest BCUT2D eigenvalue weighted by Crippen LogP contribution is 2.21. The Labute approximate surface area is 120 Å². The zero-order valence-corrected chi connectivity index (χ0v) is 11.3. The number of halogens is 2. The highest BCUT2D eigenvalue weighted by atomic mass is 35.5. The molecule has 0 bridgehead atoms. The molecule has 0 atom stereocenters. The van der Waals surface area contributed by atoms with Crippen LogP contribution in [0.3, 0.4) is 0 Å². The number of ether oxygens (including phenoxy) is 1. The zero-order chi connectivity index (χ0) is 13.9. The molecule has 0 amide bonds. The van der Waals surface area contributed by atoms with E-state index >= 15 is 0 Å². The molecule has 0 unspecified atom stereocenters. The summed E-state index contributed by atoms with van der Waals surface area (Å²) < 4.78 is 18.8. The molecule has 0 saturated carbocycles. The summed E-state index contributed by atoms with van der Waals surface area (Å²) in [6, 6.07) is 16.1. The number of hydrogen-bond donors (Lipinski definition) is 0. The third-order valence-corrected chi connectivity index (χ3v) is 3.24. The summed E-state index contributed by atoms with van der Waals surface area (Å²) in [5, 5.41) is 1.16. The third kappa shape index (κ3) is 2.73. The van der Waals surface area contributed by atoms with E-state index in [9.17, 15) is 4.39 Å². The molecule has 3 rings (SSSR count). The molecule has 20 heavy (non-hydrogen) atoms. The summed E-state index contributed by atoms with van der Waals surface area (Å²) in [6.07, 6.45) is 0. The Morgan fingerprint density at radius 1 is 1.05 bits per heavy atom. The van der Waals surface area contributed by atoms with Gasteiger partial charge in [0, 0.05) is 11.5 Å². The molecule has 100 valence electrons. The molecular weight excluding hydrogens is 277 g/mol. The second kappa shape index (κ2) is 5.47. The standard InChI is InChI=1S/C16H11ClFNO/c17-14-8-7-13(9-15(14)18)20-10-12-6-5-11-3-1-2-4-16(11)19-12/h1-9H,10H2. The van der Waals surface area contributed by atoms with E-state index in [4.69, 9.17) is 16.3 Å². The SMILES string of the molecule is Fc1cc(OCc2ccc3ccccc3n2)ccc1Cl. The van der Waals surface area contributed by atoms with E-state index in [0.29, 0.717) is 5.75 Å². The van der Waals surface area contributed by atoms with Gasteiger partial charge < -0.3 is 4.74 Å². The van der Waals surface area contributed by atoms with Crippen molar-refractivity contribution in [1.82, 2.24) is 4.98 Å². The van der Waals surface area contributed by atoms with E-state index in [2.05, 4.69) is 4.98 Å². The second-order valence-corrected chi connectivity index (χ2v) is 4.77. The maximum absolute atomic E-state index is 13.3. The molecule has 2 nitrogen and oxygen atoms in total. The lowest BCUT2D eigenvalue weighted by Gasteiger charge is -2.07. The van der Waals surface area contributed by atoms with Crippen LogP contribution >= 0.6 is 11.6 Å². The minimum atomic E-state index is -0.490. The largest absolute Gasteiger partial charge is 0.487 e. The highest BCUT2D eigenvalue weighted by Gasteiger charge is 2.03. The Hall–Kier alpha value is -2.13. The number of hydrogen-bond acceptors (Lipinski definition) is 2. The summed E-state index contributed by atoms with van der Waals surface area (Å²) in [5.74, 6) is -0.0579. The summed E-state index contributed by atoms with van der Waals surface area (Å²) in [5.41, 5.74) is 1.70. The average Bonchev–Trinajstić information content (AvgIpc) is 2.48. The Morgan fingerprint density at radius 3 is 2.75 bits per heavy atom. The number of fused-ring (bicyclic) bond motifs is 1. The lowest BCUT2D eigenvalue weighted by Crippen LogP contribution is -1.98. The Balaban J connectivity index is 1.77. The third-order valence-electron chi connectivity index (χ3n) is 2.93.